The molecule has 0 saturated carbocycles. The summed E-state index contributed by atoms with van der Waals surface area (Å²) in [5, 5.41) is 6.09. The fourth-order valence-corrected chi connectivity index (χ4v) is 9.40. The molecular formula is C43H73N10O9P. The van der Waals surface area contributed by atoms with Gasteiger partial charge in [0.1, 0.15) is 11.8 Å². The maximum absolute atomic E-state index is 14.6. The van der Waals surface area contributed by atoms with Crippen LogP contribution in [0.3, 0.4) is 0 Å². The van der Waals surface area contributed by atoms with E-state index in [1.807, 2.05) is 46.7 Å². The number of carbonyl (C=O) groups is 4. The van der Waals surface area contributed by atoms with Crippen molar-refractivity contribution in [2.24, 2.45) is 27.9 Å². The van der Waals surface area contributed by atoms with E-state index in [2.05, 4.69) is 20.2 Å². The van der Waals surface area contributed by atoms with Crippen molar-refractivity contribution in [2.45, 2.75) is 116 Å². The molecule has 2 aliphatic heterocycles. The summed E-state index contributed by atoms with van der Waals surface area (Å²) in [5.41, 5.74) is 9.18. The van der Waals surface area contributed by atoms with E-state index in [0.29, 0.717) is 76.4 Å². The first-order valence-corrected chi connectivity index (χ1v) is 23.8. The first kappa shape index (κ1) is 53.1. The molecule has 20 heteroatoms. The molecule has 0 radical (unpaired) electrons. The van der Waals surface area contributed by atoms with Crippen LogP contribution in [0.15, 0.2) is 40.4 Å². The summed E-state index contributed by atoms with van der Waals surface area (Å²) in [6, 6.07) is 7.04. The van der Waals surface area contributed by atoms with Crippen molar-refractivity contribution in [1.29, 1.82) is 0 Å². The van der Waals surface area contributed by atoms with Gasteiger partial charge >= 0.3 is 7.60 Å². The average Bonchev–Trinajstić information content (AvgIpc) is 3.74. The van der Waals surface area contributed by atoms with Gasteiger partial charge in [0.25, 0.3) is 0 Å². The molecule has 4 amide bonds. The molecule has 63 heavy (non-hydrogen) atoms. The lowest BCUT2D eigenvalue weighted by Crippen LogP contribution is -2.56. The molecule has 1 aromatic rings. The van der Waals surface area contributed by atoms with E-state index in [9.17, 15) is 33.5 Å². The smallest absolute Gasteiger partial charge is 0.347 e. The van der Waals surface area contributed by atoms with Crippen molar-refractivity contribution in [3.05, 3.63) is 46.3 Å². The Morgan fingerprint density at radius 1 is 0.968 bits per heavy atom. The normalized spacial score (nSPS) is 19.3. The molecule has 8 atom stereocenters. The van der Waals surface area contributed by atoms with Gasteiger partial charge in [-0.2, -0.15) is 0 Å². The minimum Gasteiger partial charge on any atom is -0.379 e. The number of carbonyl (C=O) groups excluding carboxylic acids is 4. The zero-order chi connectivity index (χ0) is 47.0. The Bertz CT molecular complexity index is 1770. The summed E-state index contributed by atoms with van der Waals surface area (Å²) in [4.78, 5) is 92.7. The average molecular weight is 905 g/mol. The second kappa shape index (κ2) is 25.3. The summed E-state index contributed by atoms with van der Waals surface area (Å²) >= 11 is 0. The largest absolute Gasteiger partial charge is 0.379 e. The molecule has 0 bridgehead atoms. The topological polar surface area (TPSA) is 234 Å². The lowest BCUT2D eigenvalue weighted by molar-refractivity contribution is -0.146. The van der Waals surface area contributed by atoms with Crippen LogP contribution in [0.1, 0.15) is 78.7 Å². The lowest BCUT2D eigenvalue weighted by Gasteiger charge is -2.41. The number of likely N-dealkylation sites (N-methyl/N-ethyl adjacent to an activating group) is 1. The highest BCUT2D eigenvalue weighted by molar-refractivity contribution is 7.52. The maximum Gasteiger partial charge on any atom is 0.347 e. The number of ether oxygens (including phenoxy) is 2. The van der Waals surface area contributed by atoms with Gasteiger partial charge in [-0.1, -0.05) is 76.5 Å². The molecule has 2 heterocycles. The molecule has 2 fully saturated rings. The fourth-order valence-electron chi connectivity index (χ4n) is 8.66. The van der Waals surface area contributed by atoms with E-state index in [1.165, 1.54) is 14.2 Å². The molecule has 2 saturated heterocycles. The Balaban J connectivity index is 1.79. The van der Waals surface area contributed by atoms with Crippen LogP contribution in [0.25, 0.3) is 10.4 Å². The van der Waals surface area contributed by atoms with Crippen LogP contribution in [0.2, 0.25) is 0 Å². The third-order valence-corrected chi connectivity index (χ3v) is 13.5. The number of hydrogen-bond donors (Lipinski definition) is 3. The second-order valence-corrected chi connectivity index (χ2v) is 19.1. The molecule has 1 aromatic carbocycles. The third-order valence-electron chi connectivity index (χ3n) is 12.4. The van der Waals surface area contributed by atoms with Gasteiger partial charge in [-0.15, -0.1) is 0 Å². The van der Waals surface area contributed by atoms with Gasteiger partial charge in [0.15, 0.2) is 5.96 Å². The van der Waals surface area contributed by atoms with E-state index in [4.69, 9.17) is 20.0 Å². The number of benzene rings is 1. The Labute approximate surface area is 373 Å². The maximum atomic E-state index is 14.6. The highest BCUT2D eigenvalue weighted by atomic mass is 31.2. The third kappa shape index (κ3) is 14.9. The summed E-state index contributed by atoms with van der Waals surface area (Å²) < 4.78 is 24.4. The number of methoxy groups -OCH3 is 2. The Morgan fingerprint density at radius 3 is 2.14 bits per heavy atom. The van der Waals surface area contributed by atoms with E-state index < -0.39 is 55.5 Å². The van der Waals surface area contributed by atoms with E-state index in [1.54, 1.807) is 59.0 Å². The molecule has 0 aromatic heterocycles. The van der Waals surface area contributed by atoms with Crippen molar-refractivity contribution in [3.8, 4) is 0 Å². The SMILES string of the molecule is CC[C@H](C)[C@@H]([C@@H](CC(=O)N1CCC[C@H]1[C@H](OC)[C@@H](C)C(=O)N[C@@H](Cc1ccccc1)P(=O)(O)O)OC)N(C)C(=O)[C@@H](N=C(N(C)C)N1CCN(C(=O)CCCN=[N+]=[N-])CC1)C(C)C. The molecule has 2 aliphatic rings. The lowest BCUT2D eigenvalue weighted by atomic mass is 9.89. The number of nitrogens with one attached hydrogen (secondary N) is 1. The minimum atomic E-state index is -4.73. The molecule has 354 valence electrons. The van der Waals surface area contributed by atoms with Crippen LogP contribution in [0, 0.1) is 17.8 Å². The first-order valence-electron chi connectivity index (χ1n) is 22.1. The van der Waals surface area contributed by atoms with Gasteiger partial charge in [0, 0.05) is 92.4 Å². The number of likely N-dealkylation sites (tertiary alicyclic amines) is 1. The number of hydrogen-bond acceptors (Lipinski definition) is 9. The van der Waals surface area contributed by atoms with Crippen LogP contribution in [0.5, 0.6) is 0 Å². The van der Waals surface area contributed by atoms with Gasteiger partial charge in [0.2, 0.25) is 23.6 Å². The Morgan fingerprint density at radius 2 is 1.60 bits per heavy atom. The molecule has 3 rings (SSSR count). The predicted octanol–water partition coefficient (Wildman–Crippen LogP) is 3.95. The van der Waals surface area contributed by atoms with Gasteiger partial charge in [-0.05, 0) is 42.2 Å². The van der Waals surface area contributed by atoms with Crippen molar-refractivity contribution >= 4 is 37.2 Å². The van der Waals surface area contributed by atoms with Gasteiger partial charge in [0.05, 0.1) is 36.6 Å². The van der Waals surface area contributed by atoms with E-state index >= 15 is 0 Å². The van der Waals surface area contributed by atoms with Gasteiger partial charge in [-0.25, -0.2) is 4.99 Å². The van der Waals surface area contributed by atoms with Crippen molar-refractivity contribution < 1.29 is 43.0 Å². The molecule has 0 unspecified atom stereocenters. The van der Waals surface area contributed by atoms with Crippen molar-refractivity contribution in [2.75, 3.05) is 74.6 Å². The monoisotopic (exact) mass is 905 g/mol. The van der Waals surface area contributed by atoms with Crippen LogP contribution < -0.4 is 5.32 Å². The van der Waals surface area contributed by atoms with Gasteiger partial charge < -0.3 is 49.1 Å². The molecule has 19 nitrogen and oxygen atoms in total. The van der Waals surface area contributed by atoms with Crippen molar-refractivity contribution in [1.82, 2.24) is 29.8 Å². The van der Waals surface area contributed by atoms with Crippen LogP contribution in [0.4, 0.5) is 0 Å². The van der Waals surface area contributed by atoms with Gasteiger partial charge in [-0.3, -0.25) is 23.7 Å². The number of amides is 4. The summed E-state index contributed by atoms with van der Waals surface area (Å²) in [6.45, 7) is 12.3. The van der Waals surface area contributed by atoms with Crippen LogP contribution >= 0.6 is 7.60 Å². The fraction of sp³-hybridized carbons (Fsp3) is 0.744. The quantitative estimate of drug-likeness (QED) is 0.0287. The zero-order valence-corrected chi connectivity index (χ0v) is 39.9. The number of guanidine groups is 1. The van der Waals surface area contributed by atoms with E-state index in [-0.39, 0.29) is 48.9 Å². The Hall–Kier alpha value is -4.25. The summed E-state index contributed by atoms with van der Waals surface area (Å²) in [6.07, 6.45) is 1.17. The van der Waals surface area contributed by atoms with Crippen molar-refractivity contribution in [3.63, 3.8) is 0 Å². The number of azide groups is 1. The predicted molar refractivity (Wildman–Crippen MR) is 241 cm³/mol. The molecule has 3 N–H and O–H groups in total. The highest BCUT2D eigenvalue weighted by Gasteiger charge is 2.44. The highest BCUT2D eigenvalue weighted by Crippen LogP contribution is 2.41. The number of aliphatic imine (C=N–C) groups is 1. The standard InChI is InChI=1S/C43H73N10O9P/c1-11-30(4)39(50(8)42(57)38(29(2)3)47-43(49(6)7)52-25-23-51(24-26-52)36(54)20-15-21-45-48-44)34(61-9)28-37(55)53-22-16-19-33(53)40(62-10)31(5)41(56)46-35(63(58,59)60)27-32-17-13-12-14-18-32/h12-14,17-18,29-31,33-35,38-40H,11,15-16,19-28H2,1-10H3,(H,46,56)(H2,58,59,60)/t30-,31+,33-,34+,35+,38-,39-,40+/m0/s1. The molecule has 0 spiro atoms. The summed E-state index contributed by atoms with van der Waals surface area (Å²) in [5.74, 6) is -2.93. The molecule has 0 aliphatic carbocycles. The second-order valence-electron chi connectivity index (χ2n) is 17.3. The molecular weight excluding hydrogens is 832 g/mol. The number of piperazine rings is 1. The zero-order valence-electron chi connectivity index (χ0n) is 39.0. The summed E-state index contributed by atoms with van der Waals surface area (Å²) in [7, 11) is 3.77. The minimum absolute atomic E-state index is 0.00915. The number of rotatable bonds is 22. The number of nitrogens with zero attached hydrogens (tertiary/aromatic N) is 9. The van der Waals surface area contributed by atoms with E-state index in [0.717, 1.165) is 0 Å². The Kier molecular flexibility index (Phi) is 21.3. The van der Waals surface area contributed by atoms with Crippen LogP contribution in [-0.4, -0.2) is 175 Å². The van der Waals surface area contributed by atoms with Crippen LogP contribution in [-0.2, 0) is 39.6 Å². The first-order chi connectivity index (χ1) is 29.8.